The van der Waals surface area contributed by atoms with Crippen molar-refractivity contribution in [2.24, 2.45) is 0 Å². The number of benzene rings is 3. The molecule has 0 aliphatic carbocycles. The van der Waals surface area contributed by atoms with E-state index < -0.39 is 17.5 Å². The Morgan fingerprint density at radius 3 is 1.94 bits per heavy atom. The second kappa shape index (κ2) is 7.53. The Bertz CT molecular complexity index is 1180. The molecular weight excluding hydrogens is 392 g/mol. The predicted molar refractivity (Wildman–Crippen MR) is 112 cm³/mol. The molecule has 1 fully saturated rings. The van der Waals surface area contributed by atoms with Gasteiger partial charge in [-0.25, -0.2) is 4.79 Å². The molecule has 1 aromatic heterocycles. The van der Waals surface area contributed by atoms with E-state index in [0.29, 0.717) is 17.0 Å². The minimum atomic E-state index is -1.32. The van der Waals surface area contributed by atoms with Crippen molar-refractivity contribution in [1.82, 2.24) is 20.4 Å². The van der Waals surface area contributed by atoms with Gasteiger partial charge in [0, 0.05) is 5.56 Å². The second-order valence-corrected chi connectivity index (χ2v) is 7.18. The molecule has 4 aromatic rings. The van der Waals surface area contributed by atoms with Gasteiger partial charge in [0.2, 0.25) is 11.7 Å². The van der Waals surface area contributed by atoms with Crippen LogP contribution >= 0.6 is 0 Å². The van der Waals surface area contributed by atoms with Gasteiger partial charge in [0.1, 0.15) is 6.54 Å². The first-order valence-corrected chi connectivity index (χ1v) is 9.81. The summed E-state index contributed by atoms with van der Waals surface area (Å²) in [6.45, 7) is -0.119. The third kappa shape index (κ3) is 3.16. The molecule has 0 spiro atoms. The van der Waals surface area contributed by atoms with Gasteiger partial charge in [-0.05, 0) is 11.1 Å². The first kappa shape index (κ1) is 18.7. The van der Waals surface area contributed by atoms with Crippen molar-refractivity contribution in [2.75, 3.05) is 0 Å². The van der Waals surface area contributed by atoms with Crippen molar-refractivity contribution in [1.29, 1.82) is 0 Å². The zero-order chi connectivity index (χ0) is 21.3. The molecule has 7 nitrogen and oxygen atoms in total. The lowest BCUT2D eigenvalue weighted by Crippen LogP contribution is -2.45. The minimum Gasteiger partial charge on any atom is -0.337 e. The molecule has 3 amide bonds. The van der Waals surface area contributed by atoms with Crippen LogP contribution in [0.25, 0.3) is 11.4 Å². The van der Waals surface area contributed by atoms with Gasteiger partial charge in [-0.2, -0.15) is 4.98 Å². The Labute approximate surface area is 178 Å². The maximum atomic E-state index is 13.7. The molecule has 0 saturated carbocycles. The lowest BCUT2D eigenvalue weighted by atomic mass is 9.82. The fourth-order valence-electron chi connectivity index (χ4n) is 3.81. The van der Waals surface area contributed by atoms with Crippen LogP contribution in [0.5, 0.6) is 0 Å². The third-order valence-electron chi connectivity index (χ3n) is 5.31. The summed E-state index contributed by atoms with van der Waals surface area (Å²) in [6, 6.07) is 27.2. The maximum absolute atomic E-state index is 13.7. The van der Waals surface area contributed by atoms with Crippen LogP contribution in [0.15, 0.2) is 95.5 Å². The first-order chi connectivity index (χ1) is 15.2. The molecule has 0 bridgehead atoms. The van der Waals surface area contributed by atoms with Crippen LogP contribution in [0.4, 0.5) is 4.79 Å². The molecule has 152 valence electrons. The summed E-state index contributed by atoms with van der Waals surface area (Å²) < 4.78 is 5.32. The summed E-state index contributed by atoms with van der Waals surface area (Å²) in [6.07, 6.45) is 0. The number of nitrogens with one attached hydrogen (secondary N) is 1. The van der Waals surface area contributed by atoms with Crippen molar-refractivity contribution in [3.63, 3.8) is 0 Å². The molecule has 3 aromatic carbocycles. The molecule has 1 aliphatic rings. The van der Waals surface area contributed by atoms with E-state index in [1.54, 1.807) is 0 Å². The highest BCUT2D eigenvalue weighted by molar-refractivity contribution is 6.09. The van der Waals surface area contributed by atoms with E-state index in [9.17, 15) is 9.59 Å². The van der Waals surface area contributed by atoms with Crippen molar-refractivity contribution < 1.29 is 14.1 Å². The molecule has 0 unspecified atom stereocenters. The van der Waals surface area contributed by atoms with E-state index in [-0.39, 0.29) is 12.4 Å². The smallest absolute Gasteiger partial charge is 0.326 e. The zero-order valence-corrected chi connectivity index (χ0v) is 16.4. The fourth-order valence-corrected chi connectivity index (χ4v) is 3.81. The van der Waals surface area contributed by atoms with Gasteiger partial charge in [-0.15, -0.1) is 0 Å². The predicted octanol–water partition coefficient (Wildman–Crippen LogP) is 3.73. The summed E-state index contributed by atoms with van der Waals surface area (Å²) in [5, 5.41) is 6.88. The zero-order valence-electron chi connectivity index (χ0n) is 16.4. The number of aromatic nitrogens is 2. The van der Waals surface area contributed by atoms with Crippen LogP contribution in [-0.4, -0.2) is 27.0 Å². The molecule has 1 saturated heterocycles. The lowest BCUT2D eigenvalue weighted by molar-refractivity contribution is -0.130. The molecule has 1 aliphatic heterocycles. The highest BCUT2D eigenvalue weighted by Gasteiger charge is 2.54. The topological polar surface area (TPSA) is 88.3 Å². The number of carbonyl (C=O) groups excluding carboxylic acids is 2. The number of rotatable bonds is 5. The summed E-state index contributed by atoms with van der Waals surface area (Å²) in [5.74, 6) is 0.189. The Morgan fingerprint density at radius 2 is 1.35 bits per heavy atom. The summed E-state index contributed by atoms with van der Waals surface area (Å²) in [4.78, 5) is 32.1. The van der Waals surface area contributed by atoms with Gasteiger partial charge in [0.05, 0.1) is 0 Å². The van der Waals surface area contributed by atoms with Crippen molar-refractivity contribution in [2.45, 2.75) is 12.1 Å². The van der Waals surface area contributed by atoms with Crippen molar-refractivity contribution in [3.05, 3.63) is 108 Å². The van der Waals surface area contributed by atoms with Crippen LogP contribution in [0.1, 0.15) is 17.0 Å². The third-order valence-corrected chi connectivity index (χ3v) is 5.31. The fraction of sp³-hybridized carbons (Fsp3) is 0.0833. The molecule has 1 N–H and O–H groups in total. The summed E-state index contributed by atoms with van der Waals surface area (Å²) >= 11 is 0. The van der Waals surface area contributed by atoms with Gasteiger partial charge < -0.3 is 9.84 Å². The highest BCUT2D eigenvalue weighted by Crippen LogP contribution is 2.36. The largest absolute Gasteiger partial charge is 0.337 e. The monoisotopic (exact) mass is 410 g/mol. The molecule has 5 rings (SSSR count). The van der Waals surface area contributed by atoms with Crippen molar-refractivity contribution in [3.8, 4) is 11.4 Å². The molecule has 0 radical (unpaired) electrons. The van der Waals surface area contributed by atoms with Gasteiger partial charge in [0.15, 0.2) is 5.54 Å². The number of nitrogens with zero attached hydrogens (tertiary/aromatic N) is 3. The number of hydrogen-bond acceptors (Lipinski definition) is 5. The Hall–Kier alpha value is -4.26. The lowest BCUT2D eigenvalue weighted by Gasteiger charge is -2.27. The first-order valence-electron chi connectivity index (χ1n) is 9.81. The quantitative estimate of drug-likeness (QED) is 0.507. The molecule has 0 atom stereocenters. The summed E-state index contributed by atoms with van der Waals surface area (Å²) in [7, 11) is 0. The van der Waals surface area contributed by atoms with E-state index in [2.05, 4.69) is 15.5 Å². The van der Waals surface area contributed by atoms with E-state index in [4.69, 9.17) is 4.52 Å². The van der Waals surface area contributed by atoms with E-state index >= 15 is 0 Å². The molecule has 7 heteroatoms. The van der Waals surface area contributed by atoms with Crippen LogP contribution in [0.2, 0.25) is 0 Å². The Balaban J connectivity index is 1.50. The number of hydrogen-bond donors (Lipinski definition) is 1. The average molecular weight is 410 g/mol. The van der Waals surface area contributed by atoms with Crippen molar-refractivity contribution >= 4 is 11.9 Å². The molecule has 31 heavy (non-hydrogen) atoms. The van der Waals surface area contributed by atoms with Crippen LogP contribution < -0.4 is 5.32 Å². The number of imide groups is 1. The average Bonchev–Trinajstić information content (AvgIpc) is 3.40. The normalized spacial score (nSPS) is 15.2. The summed E-state index contributed by atoms with van der Waals surface area (Å²) in [5.41, 5.74) is 0.828. The Morgan fingerprint density at radius 1 is 0.806 bits per heavy atom. The van der Waals surface area contributed by atoms with Gasteiger partial charge >= 0.3 is 6.03 Å². The van der Waals surface area contributed by atoms with E-state index in [0.717, 1.165) is 10.5 Å². The van der Waals surface area contributed by atoms with Crippen LogP contribution in [0, 0.1) is 0 Å². The number of carbonyl (C=O) groups is 2. The maximum Gasteiger partial charge on any atom is 0.326 e. The van der Waals surface area contributed by atoms with E-state index in [1.165, 1.54) is 0 Å². The van der Waals surface area contributed by atoms with Gasteiger partial charge in [0.25, 0.3) is 5.91 Å². The minimum absolute atomic E-state index is 0.119. The SMILES string of the molecule is O=C1NC(c2ccccc2)(c2ccccc2)C(=O)N1Cc1nc(-c2ccccc2)no1. The standard InChI is InChI=1S/C24H18N4O3/c29-22-24(18-12-6-2-7-13-18,19-14-8-3-9-15-19)26-23(30)28(22)16-20-25-21(27-31-20)17-10-4-1-5-11-17/h1-15H,16H2,(H,26,30). The Kier molecular flexibility index (Phi) is 4.55. The van der Waals surface area contributed by atoms with E-state index in [1.807, 2.05) is 91.0 Å². The second-order valence-electron chi connectivity index (χ2n) is 7.18. The highest BCUT2D eigenvalue weighted by atomic mass is 16.5. The number of amides is 3. The van der Waals surface area contributed by atoms with Gasteiger partial charge in [-0.1, -0.05) is 96.2 Å². The van der Waals surface area contributed by atoms with Gasteiger partial charge in [-0.3, -0.25) is 9.69 Å². The molecule has 2 heterocycles. The number of urea groups is 1. The molecular formula is C24H18N4O3. The van der Waals surface area contributed by atoms with Crippen LogP contribution in [0.3, 0.4) is 0 Å². The van der Waals surface area contributed by atoms with Crippen LogP contribution in [-0.2, 0) is 16.9 Å².